The smallest absolute Gasteiger partial charge is 0.0599 e. The van der Waals surface area contributed by atoms with E-state index in [4.69, 9.17) is 5.73 Å². The lowest BCUT2D eigenvalue weighted by Crippen LogP contribution is -2.22. The van der Waals surface area contributed by atoms with Crippen molar-refractivity contribution in [1.82, 2.24) is 4.90 Å². The van der Waals surface area contributed by atoms with E-state index in [1.165, 1.54) is 27.8 Å². The molecule has 1 unspecified atom stereocenters. The van der Waals surface area contributed by atoms with Gasteiger partial charge in [-0.3, -0.25) is 4.90 Å². The third-order valence-corrected chi connectivity index (χ3v) is 3.95. The summed E-state index contributed by atoms with van der Waals surface area (Å²) in [6.45, 7) is 6.53. The van der Waals surface area contributed by atoms with Gasteiger partial charge in [0.1, 0.15) is 0 Å². The molecule has 106 valence electrons. The summed E-state index contributed by atoms with van der Waals surface area (Å²) in [6.07, 6.45) is 0. The van der Waals surface area contributed by atoms with Gasteiger partial charge in [-0.2, -0.15) is 0 Å². The molecule has 2 nitrogen and oxygen atoms in total. The third-order valence-electron chi connectivity index (χ3n) is 3.95. The minimum absolute atomic E-state index is 0.259. The van der Waals surface area contributed by atoms with Crippen LogP contribution in [0.15, 0.2) is 36.4 Å². The maximum Gasteiger partial charge on any atom is 0.0599 e. The molecule has 0 radical (unpaired) electrons. The summed E-state index contributed by atoms with van der Waals surface area (Å²) in [6, 6.07) is 13.0. The summed E-state index contributed by atoms with van der Waals surface area (Å²) >= 11 is 0. The monoisotopic (exact) mass is 268 g/mol. The van der Waals surface area contributed by atoms with Gasteiger partial charge >= 0.3 is 0 Å². The Hall–Kier alpha value is -1.80. The number of aryl methyl sites for hydroxylation is 3. The zero-order chi connectivity index (χ0) is 14.9. The van der Waals surface area contributed by atoms with E-state index in [1.54, 1.807) is 0 Å². The van der Waals surface area contributed by atoms with Gasteiger partial charge < -0.3 is 5.73 Å². The summed E-state index contributed by atoms with van der Waals surface area (Å²) in [4.78, 5) is 2.25. The quantitative estimate of drug-likeness (QED) is 0.857. The molecule has 1 atom stereocenters. The highest BCUT2D eigenvalue weighted by molar-refractivity contribution is 5.45. The lowest BCUT2D eigenvalue weighted by Gasteiger charge is -2.27. The number of anilines is 1. The number of hydrogen-bond donors (Lipinski definition) is 1. The van der Waals surface area contributed by atoms with Crippen molar-refractivity contribution in [2.45, 2.75) is 26.8 Å². The van der Waals surface area contributed by atoms with Gasteiger partial charge in [0, 0.05) is 5.69 Å². The molecule has 0 aliphatic heterocycles. The van der Waals surface area contributed by atoms with E-state index in [0.717, 1.165) is 5.69 Å². The topological polar surface area (TPSA) is 29.3 Å². The van der Waals surface area contributed by atoms with Crippen LogP contribution in [0.2, 0.25) is 0 Å². The molecule has 0 aromatic heterocycles. The van der Waals surface area contributed by atoms with Gasteiger partial charge in [-0.1, -0.05) is 24.3 Å². The second kappa shape index (κ2) is 5.68. The van der Waals surface area contributed by atoms with E-state index >= 15 is 0 Å². The highest BCUT2D eigenvalue weighted by Gasteiger charge is 2.19. The van der Waals surface area contributed by atoms with Crippen LogP contribution in [0.1, 0.15) is 33.9 Å². The van der Waals surface area contributed by atoms with Crippen LogP contribution in [0.25, 0.3) is 0 Å². The first-order valence-corrected chi connectivity index (χ1v) is 6.99. The van der Waals surface area contributed by atoms with Crippen LogP contribution in [-0.4, -0.2) is 19.0 Å². The minimum Gasteiger partial charge on any atom is -0.399 e. The Balaban J connectivity index is 2.54. The van der Waals surface area contributed by atoms with E-state index in [-0.39, 0.29) is 6.04 Å². The van der Waals surface area contributed by atoms with Crippen LogP contribution in [0.4, 0.5) is 5.69 Å². The van der Waals surface area contributed by atoms with E-state index in [9.17, 15) is 0 Å². The van der Waals surface area contributed by atoms with Gasteiger partial charge in [-0.25, -0.2) is 0 Å². The fourth-order valence-corrected chi connectivity index (χ4v) is 2.71. The predicted molar refractivity (Wildman–Crippen MR) is 87.0 cm³/mol. The number of hydrogen-bond acceptors (Lipinski definition) is 2. The van der Waals surface area contributed by atoms with Crippen molar-refractivity contribution in [1.29, 1.82) is 0 Å². The van der Waals surface area contributed by atoms with Gasteiger partial charge in [0.05, 0.1) is 6.04 Å². The SMILES string of the molecule is Cc1cc(C)c(C(c2ccc(N)cc2)N(C)C)cc1C. The maximum absolute atomic E-state index is 5.80. The van der Waals surface area contributed by atoms with Crippen LogP contribution in [0.5, 0.6) is 0 Å². The average Bonchev–Trinajstić information content (AvgIpc) is 2.38. The second-order valence-electron chi connectivity index (χ2n) is 5.83. The molecular formula is C18H24N2. The fourth-order valence-electron chi connectivity index (χ4n) is 2.71. The molecule has 2 rings (SSSR count). The zero-order valence-corrected chi connectivity index (χ0v) is 13.1. The summed E-state index contributed by atoms with van der Waals surface area (Å²) in [5, 5.41) is 0. The average molecular weight is 268 g/mol. The molecular weight excluding hydrogens is 244 g/mol. The van der Waals surface area contributed by atoms with E-state index in [2.05, 4.69) is 64.0 Å². The zero-order valence-electron chi connectivity index (χ0n) is 13.1. The summed E-state index contributed by atoms with van der Waals surface area (Å²) in [5.74, 6) is 0. The summed E-state index contributed by atoms with van der Waals surface area (Å²) in [7, 11) is 4.24. The van der Waals surface area contributed by atoms with E-state index < -0.39 is 0 Å². The van der Waals surface area contributed by atoms with Crippen molar-refractivity contribution in [2.24, 2.45) is 0 Å². The van der Waals surface area contributed by atoms with Crippen molar-refractivity contribution in [2.75, 3.05) is 19.8 Å². The Labute approximate surface area is 122 Å². The lowest BCUT2D eigenvalue weighted by atomic mass is 9.91. The molecule has 0 fully saturated rings. The molecule has 0 heterocycles. The first-order chi connectivity index (χ1) is 9.40. The predicted octanol–water partition coefficient (Wildman–Crippen LogP) is 3.85. The Morgan fingerprint density at radius 2 is 1.40 bits per heavy atom. The summed E-state index contributed by atoms with van der Waals surface area (Å²) < 4.78 is 0. The van der Waals surface area contributed by atoms with Crippen LogP contribution in [-0.2, 0) is 0 Å². The first kappa shape index (κ1) is 14.6. The van der Waals surface area contributed by atoms with Gasteiger partial charge in [0.15, 0.2) is 0 Å². The van der Waals surface area contributed by atoms with Crippen molar-refractivity contribution in [3.63, 3.8) is 0 Å². The van der Waals surface area contributed by atoms with Gasteiger partial charge in [0.25, 0.3) is 0 Å². The Morgan fingerprint density at radius 3 is 1.95 bits per heavy atom. The van der Waals surface area contributed by atoms with E-state index in [0.29, 0.717) is 0 Å². The first-order valence-electron chi connectivity index (χ1n) is 6.99. The normalized spacial score (nSPS) is 12.7. The van der Waals surface area contributed by atoms with Crippen molar-refractivity contribution in [3.05, 3.63) is 64.2 Å². The van der Waals surface area contributed by atoms with Crippen molar-refractivity contribution in [3.8, 4) is 0 Å². The molecule has 0 aliphatic carbocycles. The largest absolute Gasteiger partial charge is 0.399 e. The van der Waals surface area contributed by atoms with Gasteiger partial charge in [0.2, 0.25) is 0 Å². The molecule has 0 aliphatic rings. The van der Waals surface area contributed by atoms with Gasteiger partial charge in [-0.15, -0.1) is 0 Å². The molecule has 2 aromatic rings. The Kier molecular flexibility index (Phi) is 4.15. The van der Waals surface area contributed by atoms with Crippen molar-refractivity contribution < 1.29 is 0 Å². The van der Waals surface area contributed by atoms with E-state index in [1.807, 2.05) is 12.1 Å². The van der Waals surface area contributed by atoms with Crippen LogP contribution < -0.4 is 5.73 Å². The third kappa shape index (κ3) is 2.86. The molecule has 20 heavy (non-hydrogen) atoms. The van der Waals surface area contributed by atoms with Crippen molar-refractivity contribution >= 4 is 5.69 Å². The maximum atomic E-state index is 5.80. The highest BCUT2D eigenvalue weighted by Crippen LogP contribution is 2.31. The number of nitrogens with two attached hydrogens (primary N) is 1. The lowest BCUT2D eigenvalue weighted by molar-refractivity contribution is 0.341. The van der Waals surface area contributed by atoms with Crippen LogP contribution in [0.3, 0.4) is 0 Å². The van der Waals surface area contributed by atoms with Gasteiger partial charge in [-0.05, 0) is 74.8 Å². The Morgan fingerprint density at radius 1 is 0.850 bits per heavy atom. The Bertz CT molecular complexity index is 598. The molecule has 2 aromatic carbocycles. The molecule has 2 heteroatoms. The number of rotatable bonds is 3. The second-order valence-corrected chi connectivity index (χ2v) is 5.83. The molecule has 0 amide bonds. The number of nitrogen functional groups attached to an aromatic ring is 1. The molecule has 0 saturated heterocycles. The molecule has 2 N–H and O–H groups in total. The number of nitrogens with zero attached hydrogens (tertiary/aromatic N) is 1. The number of benzene rings is 2. The highest BCUT2D eigenvalue weighted by atomic mass is 15.1. The molecule has 0 spiro atoms. The standard InChI is InChI=1S/C18H24N2/c1-12-10-14(3)17(11-13(12)2)18(20(4)5)15-6-8-16(19)9-7-15/h6-11,18H,19H2,1-5H3. The fraction of sp³-hybridized carbons (Fsp3) is 0.333. The summed E-state index contributed by atoms with van der Waals surface area (Å²) in [5.41, 5.74) is 13.3. The minimum atomic E-state index is 0.259. The van der Waals surface area contributed by atoms with Crippen LogP contribution in [0, 0.1) is 20.8 Å². The molecule has 0 bridgehead atoms. The molecule has 0 saturated carbocycles. The van der Waals surface area contributed by atoms with Crippen LogP contribution >= 0.6 is 0 Å².